The van der Waals surface area contributed by atoms with Gasteiger partial charge in [-0.3, -0.25) is 4.79 Å². The lowest BCUT2D eigenvalue weighted by Gasteiger charge is -2.36. The largest absolute Gasteiger partial charge is 0.291 e. The zero-order valence-corrected chi connectivity index (χ0v) is 5.35. The van der Waals surface area contributed by atoms with Crippen molar-refractivity contribution in [2.24, 2.45) is 17.8 Å². The van der Waals surface area contributed by atoms with Crippen molar-refractivity contribution in [2.45, 2.75) is 20.3 Å². The minimum absolute atomic E-state index is 0.255. The summed E-state index contributed by atoms with van der Waals surface area (Å²) in [5.41, 5.74) is 0. The summed E-state index contributed by atoms with van der Waals surface area (Å²) < 4.78 is 0. The molecule has 0 saturated heterocycles. The maximum atomic E-state index is 10.0. The highest BCUT2D eigenvalue weighted by Crippen LogP contribution is 2.37. The summed E-state index contributed by atoms with van der Waals surface area (Å²) in [7, 11) is 0. The predicted molar refractivity (Wildman–Crippen MR) is 32.1 cm³/mol. The molecular weight excluding hydrogens is 100 g/mol. The van der Waals surface area contributed by atoms with Gasteiger partial charge in [0.05, 0.1) is 0 Å². The highest BCUT2D eigenvalue weighted by Gasteiger charge is 2.34. The lowest BCUT2D eigenvalue weighted by molar-refractivity contribution is 0.157. The molecule has 3 unspecified atom stereocenters. The molecule has 8 heavy (non-hydrogen) atoms. The smallest absolute Gasteiger partial charge is 0.202 e. The monoisotopic (exact) mass is 111 g/mol. The van der Waals surface area contributed by atoms with Crippen molar-refractivity contribution in [1.82, 2.24) is 0 Å². The van der Waals surface area contributed by atoms with Crippen molar-refractivity contribution in [1.29, 1.82) is 0 Å². The van der Waals surface area contributed by atoms with Gasteiger partial charge < -0.3 is 0 Å². The average molecular weight is 111 g/mol. The second-order valence-electron chi connectivity index (χ2n) is 2.80. The van der Waals surface area contributed by atoms with E-state index in [1.54, 1.807) is 0 Å². The van der Waals surface area contributed by atoms with E-state index in [1.165, 1.54) is 0 Å². The second kappa shape index (κ2) is 1.88. The van der Waals surface area contributed by atoms with Gasteiger partial charge in [-0.1, -0.05) is 13.8 Å². The molecule has 1 rings (SSSR count). The first-order valence-electron chi connectivity index (χ1n) is 3.13. The van der Waals surface area contributed by atoms with E-state index in [0.717, 1.165) is 12.3 Å². The van der Waals surface area contributed by atoms with E-state index in [4.69, 9.17) is 0 Å². The van der Waals surface area contributed by atoms with Crippen LogP contribution < -0.4 is 0 Å². The van der Waals surface area contributed by atoms with Gasteiger partial charge in [0.15, 0.2) is 0 Å². The predicted octanol–water partition coefficient (Wildman–Crippen LogP) is 1.39. The Morgan fingerprint density at radius 2 is 2.12 bits per heavy atom. The summed E-state index contributed by atoms with van der Waals surface area (Å²) in [6.45, 7) is 4.29. The van der Waals surface area contributed by atoms with E-state index in [9.17, 15) is 4.79 Å². The molecule has 3 atom stereocenters. The number of carbonyl (C=O) groups excluding carboxylic acids is 1. The van der Waals surface area contributed by atoms with Crippen molar-refractivity contribution in [3.8, 4) is 0 Å². The molecule has 1 heteroatoms. The van der Waals surface area contributed by atoms with Gasteiger partial charge in [0.25, 0.3) is 0 Å². The molecular formula is C7H11O. The van der Waals surface area contributed by atoms with Crippen molar-refractivity contribution >= 4 is 6.29 Å². The maximum Gasteiger partial charge on any atom is 0.202 e. The van der Waals surface area contributed by atoms with Crippen LogP contribution in [-0.2, 0) is 4.79 Å². The minimum Gasteiger partial charge on any atom is -0.291 e. The molecule has 0 spiro atoms. The third kappa shape index (κ3) is 0.662. The van der Waals surface area contributed by atoms with Crippen molar-refractivity contribution < 1.29 is 4.79 Å². The quantitative estimate of drug-likeness (QED) is 0.499. The zero-order valence-electron chi connectivity index (χ0n) is 5.35. The zero-order chi connectivity index (χ0) is 6.15. The van der Waals surface area contributed by atoms with Crippen LogP contribution in [0.1, 0.15) is 20.3 Å². The van der Waals surface area contributed by atoms with Crippen LogP contribution in [0.2, 0.25) is 0 Å². The van der Waals surface area contributed by atoms with E-state index in [1.807, 2.05) is 6.29 Å². The van der Waals surface area contributed by atoms with Gasteiger partial charge in [-0.15, -0.1) is 0 Å². The van der Waals surface area contributed by atoms with Crippen LogP contribution in [0, 0.1) is 17.8 Å². The van der Waals surface area contributed by atoms with E-state index in [-0.39, 0.29) is 5.92 Å². The third-order valence-electron chi connectivity index (χ3n) is 2.31. The van der Waals surface area contributed by atoms with Crippen LogP contribution in [0.25, 0.3) is 0 Å². The van der Waals surface area contributed by atoms with Crippen LogP contribution in [-0.4, -0.2) is 6.29 Å². The van der Waals surface area contributed by atoms with Gasteiger partial charge in [-0.25, -0.2) is 0 Å². The molecule has 0 aromatic rings. The summed E-state index contributed by atoms with van der Waals surface area (Å²) in [5, 5.41) is 0. The Hall–Kier alpha value is -0.330. The van der Waals surface area contributed by atoms with Crippen molar-refractivity contribution in [3.63, 3.8) is 0 Å². The Morgan fingerprint density at radius 1 is 1.50 bits per heavy atom. The molecule has 0 heterocycles. The first kappa shape index (κ1) is 5.80. The summed E-state index contributed by atoms with van der Waals surface area (Å²) in [6, 6.07) is 0. The fourth-order valence-electron chi connectivity index (χ4n) is 1.19. The van der Waals surface area contributed by atoms with E-state index >= 15 is 0 Å². The molecule has 0 N–H and O–H groups in total. The molecule has 0 aromatic carbocycles. The first-order valence-corrected chi connectivity index (χ1v) is 3.13. The fraction of sp³-hybridized carbons (Fsp3) is 0.857. The SMILES string of the molecule is CC1CC([C]=O)C1C. The first-order chi connectivity index (χ1) is 3.75. The summed E-state index contributed by atoms with van der Waals surface area (Å²) in [6.07, 6.45) is 3.09. The maximum absolute atomic E-state index is 10.0. The summed E-state index contributed by atoms with van der Waals surface area (Å²) >= 11 is 0. The molecule has 1 saturated carbocycles. The molecule has 45 valence electrons. The average Bonchev–Trinajstić information content (AvgIpc) is 1.81. The van der Waals surface area contributed by atoms with Gasteiger partial charge in [0.1, 0.15) is 0 Å². The van der Waals surface area contributed by atoms with Crippen LogP contribution in [0.4, 0.5) is 0 Å². The van der Waals surface area contributed by atoms with Crippen molar-refractivity contribution in [2.75, 3.05) is 0 Å². The Labute approximate surface area is 50.1 Å². The van der Waals surface area contributed by atoms with Crippen LogP contribution >= 0.6 is 0 Å². The highest BCUT2D eigenvalue weighted by molar-refractivity contribution is 5.56. The summed E-state index contributed by atoms with van der Waals surface area (Å²) in [5.74, 6) is 1.60. The van der Waals surface area contributed by atoms with E-state index in [0.29, 0.717) is 5.92 Å². The highest BCUT2D eigenvalue weighted by atomic mass is 16.1. The van der Waals surface area contributed by atoms with E-state index < -0.39 is 0 Å². The van der Waals surface area contributed by atoms with Gasteiger partial charge >= 0.3 is 0 Å². The Morgan fingerprint density at radius 3 is 2.25 bits per heavy atom. The number of rotatable bonds is 1. The molecule has 0 bridgehead atoms. The molecule has 1 aliphatic carbocycles. The minimum atomic E-state index is 0.255. The lowest BCUT2D eigenvalue weighted by Crippen LogP contribution is -2.33. The third-order valence-corrected chi connectivity index (χ3v) is 2.31. The molecule has 0 amide bonds. The molecule has 1 nitrogen and oxygen atoms in total. The lowest BCUT2D eigenvalue weighted by atomic mass is 9.67. The normalized spacial score (nSPS) is 45.5. The Balaban J connectivity index is 2.35. The Bertz CT molecular complexity index is 98.6. The van der Waals surface area contributed by atoms with Crippen LogP contribution in [0.3, 0.4) is 0 Å². The fourth-order valence-corrected chi connectivity index (χ4v) is 1.19. The Kier molecular flexibility index (Phi) is 1.37. The molecule has 0 aliphatic heterocycles. The topological polar surface area (TPSA) is 17.1 Å². The van der Waals surface area contributed by atoms with Gasteiger partial charge in [-0.05, 0) is 18.3 Å². The van der Waals surface area contributed by atoms with Gasteiger partial charge in [-0.2, -0.15) is 0 Å². The summed E-state index contributed by atoms with van der Waals surface area (Å²) in [4.78, 5) is 10.0. The van der Waals surface area contributed by atoms with Gasteiger partial charge in [0.2, 0.25) is 6.29 Å². The van der Waals surface area contributed by atoms with Gasteiger partial charge in [0, 0.05) is 5.92 Å². The molecule has 1 fully saturated rings. The molecule has 0 aromatic heterocycles. The van der Waals surface area contributed by atoms with Crippen LogP contribution in [0.5, 0.6) is 0 Å². The molecule has 1 aliphatic rings. The van der Waals surface area contributed by atoms with E-state index in [2.05, 4.69) is 13.8 Å². The molecule has 1 radical (unpaired) electrons. The van der Waals surface area contributed by atoms with Crippen LogP contribution in [0.15, 0.2) is 0 Å². The standard InChI is InChI=1S/C7H11O/c1-5-3-7(4-8)6(5)2/h5-7H,3H2,1-2H3. The number of hydrogen-bond donors (Lipinski definition) is 0. The van der Waals surface area contributed by atoms with Crippen molar-refractivity contribution in [3.05, 3.63) is 0 Å². The number of hydrogen-bond acceptors (Lipinski definition) is 1. The second-order valence-corrected chi connectivity index (χ2v) is 2.80.